The van der Waals surface area contributed by atoms with Crippen LogP contribution in [0, 0.1) is 12.7 Å². The first-order chi connectivity index (χ1) is 16.0. The quantitative estimate of drug-likeness (QED) is 0.398. The van der Waals surface area contributed by atoms with Crippen LogP contribution in [0.4, 0.5) is 4.39 Å². The molecule has 0 aliphatic rings. The Labute approximate surface area is 191 Å². The molecule has 1 heterocycles. The van der Waals surface area contributed by atoms with Crippen molar-refractivity contribution in [3.63, 3.8) is 0 Å². The molecule has 3 aromatic carbocycles. The molecule has 1 aromatic heterocycles. The van der Waals surface area contributed by atoms with Crippen molar-refractivity contribution in [1.82, 2.24) is 15.0 Å². The van der Waals surface area contributed by atoms with Gasteiger partial charge >= 0.3 is 5.97 Å². The van der Waals surface area contributed by atoms with Crippen LogP contribution < -0.4 is 0 Å². The first kappa shape index (κ1) is 22.6. The van der Waals surface area contributed by atoms with Gasteiger partial charge in [-0.1, -0.05) is 59.8 Å². The van der Waals surface area contributed by atoms with Crippen LogP contribution in [0.1, 0.15) is 47.1 Å². The number of esters is 1. The zero-order valence-corrected chi connectivity index (χ0v) is 18.7. The molecule has 170 valence electrons. The van der Waals surface area contributed by atoms with Crippen LogP contribution in [0.2, 0.25) is 0 Å². The van der Waals surface area contributed by atoms with Crippen LogP contribution in [0.3, 0.4) is 0 Å². The van der Waals surface area contributed by atoms with E-state index in [1.54, 1.807) is 22.9 Å². The predicted octanol–water partition coefficient (Wildman–Crippen LogP) is 4.66. The van der Waals surface area contributed by atoms with Crippen molar-refractivity contribution in [1.29, 1.82) is 0 Å². The molecule has 1 atom stereocenters. The number of carbonyl (C=O) groups excluding carboxylic acids is 1. The Hall–Kier alpha value is -3.58. The Bertz CT molecular complexity index is 1270. The lowest BCUT2D eigenvalue weighted by Crippen LogP contribution is -2.15. The topological polar surface area (TPSA) is 77.2 Å². The smallest absolute Gasteiger partial charge is 0.307 e. The summed E-state index contributed by atoms with van der Waals surface area (Å²) >= 11 is 0. The maximum Gasteiger partial charge on any atom is 0.307 e. The van der Waals surface area contributed by atoms with Gasteiger partial charge in [-0.2, -0.15) is 0 Å². The second-order valence-electron chi connectivity index (χ2n) is 7.93. The summed E-state index contributed by atoms with van der Waals surface area (Å²) in [6.07, 6.45) is -0.0487. The molecule has 4 rings (SSSR count). The van der Waals surface area contributed by atoms with Gasteiger partial charge in [-0.05, 0) is 47.7 Å². The summed E-state index contributed by atoms with van der Waals surface area (Å²) in [5, 5.41) is 17.8. The lowest BCUT2D eigenvalue weighted by atomic mass is 9.84. The van der Waals surface area contributed by atoms with Crippen LogP contribution in [0.25, 0.3) is 11.0 Å². The zero-order valence-electron chi connectivity index (χ0n) is 18.7. The van der Waals surface area contributed by atoms with Gasteiger partial charge in [-0.15, -0.1) is 5.10 Å². The van der Waals surface area contributed by atoms with Crippen LogP contribution >= 0.6 is 0 Å². The van der Waals surface area contributed by atoms with Crippen molar-refractivity contribution in [3.8, 4) is 0 Å². The van der Waals surface area contributed by atoms with Gasteiger partial charge in [0.1, 0.15) is 12.1 Å². The highest BCUT2D eigenvalue weighted by Crippen LogP contribution is 2.35. The molecular formula is C26H26FN3O3. The van der Waals surface area contributed by atoms with E-state index in [0.29, 0.717) is 17.6 Å². The summed E-state index contributed by atoms with van der Waals surface area (Å²) in [6.45, 7) is 4.36. The maximum absolute atomic E-state index is 15.7. The number of aromatic nitrogens is 3. The molecule has 0 fully saturated rings. The number of benzene rings is 3. The van der Waals surface area contributed by atoms with E-state index in [4.69, 9.17) is 4.74 Å². The summed E-state index contributed by atoms with van der Waals surface area (Å²) < 4.78 is 22.8. The average molecular weight is 448 g/mol. The molecule has 0 saturated carbocycles. The molecule has 0 spiro atoms. The van der Waals surface area contributed by atoms with E-state index < -0.39 is 17.7 Å². The monoisotopic (exact) mass is 447 g/mol. The molecule has 6 nitrogen and oxygen atoms in total. The van der Waals surface area contributed by atoms with Gasteiger partial charge < -0.3 is 9.84 Å². The summed E-state index contributed by atoms with van der Waals surface area (Å²) in [6, 6.07) is 18.4. The Kier molecular flexibility index (Phi) is 6.79. The number of aryl methyl sites for hydroxylation is 1. The number of fused-ring (bicyclic) bond motifs is 1. The third-order valence-corrected chi connectivity index (χ3v) is 5.98. The number of ether oxygens (including phenoxy) is 1. The van der Waals surface area contributed by atoms with Gasteiger partial charge in [0.15, 0.2) is 5.82 Å². The Morgan fingerprint density at radius 2 is 1.88 bits per heavy atom. The first-order valence-corrected chi connectivity index (χ1v) is 10.9. The van der Waals surface area contributed by atoms with Crippen LogP contribution in [0.5, 0.6) is 0 Å². The highest BCUT2D eigenvalue weighted by atomic mass is 19.1. The summed E-state index contributed by atoms with van der Waals surface area (Å²) in [7, 11) is 0. The van der Waals surface area contributed by atoms with Gasteiger partial charge in [-0.25, -0.2) is 9.07 Å². The molecule has 0 aliphatic carbocycles. The molecule has 0 aliphatic heterocycles. The minimum atomic E-state index is -0.601. The lowest BCUT2D eigenvalue weighted by Gasteiger charge is -2.21. The van der Waals surface area contributed by atoms with E-state index in [1.165, 1.54) is 0 Å². The number of hydrogen-bond acceptors (Lipinski definition) is 5. The molecule has 0 unspecified atom stereocenters. The van der Waals surface area contributed by atoms with Crippen LogP contribution in [-0.4, -0.2) is 26.1 Å². The number of hydrogen-bond donors (Lipinski definition) is 1. The summed E-state index contributed by atoms with van der Waals surface area (Å²) in [5.41, 5.74) is 4.31. The average Bonchev–Trinajstić information content (AvgIpc) is 3.27. The van der Waals surface area contributed by atoms with Crippen molar-refractivity contribution in [3.05, 3.63) is 94.3 Å². The highest BCUT2D eigenvalue weighted by Gasteiger charge is 2.26. The van der Waals surface area contributed by atoms with Gasteiger partial charge in [0.05, 0.1) is 18.5 Å². The molecule has 33 heavy (non-hydrogen) atoms. The normalized spacial score (nSPS) is 12.1. The fraction of sp³-hybridized carbons (Fsp3) is 0.269. The molecule has 0 saturated heterocycles. The number of aliphatic hydroxyl groups is 1. The van der Waals surface area contributed by atoms with Crippen molar-refractivity contribution in [2.24, 2.45) is 0 Å². The largest absolute Gasteiger partial charge is 0.461 e. The van der Waals surface area contributed by atoms with E-state index in [0.717, 1.165) is 22.3 Å². The molecule has 7 heteroatoms. The van der Waals surface area contributed by atoms with Crippen molar-refractivity contribution in [2.45, 2.75) is 45.9 Å². The molecule has 0 amide bonds. The molecule has 0 bridgehead atoms. The van der Waals surface area contributed by atoms with E-state index >= 15 is 4.39 Å². The number of carbonyl (C=O) groups is 1. The Balaban J connectivity index is 1.71. The van der Waals surface area contributed by atoms with E-state index in [1.807, 2.05) is 56.3 Å². The van der Waals surface area contributed by atoms with E-state index in [-0.39, 0.29) is 25.2 Å². The van der Waals surface area contributed by atoms with Crippen LogP contribution in [-0.2, 0) is 29.3 Å². The van der Waals surface area contributed by atoms with Crippen molar-refractivity contribution >= 4 is 17.0 Å². The second kappa shape index (κ2) is 9.92. The fourth-order valence-electron chi connectivity index (χ4n) is 4.13. The summed E-state index contributed by atoms with van der Waals surface area (Å²) in [4.78, 5) is 12.8. The standard InChI is InChI=1S/C26H26FN3O3/c1-3-30-23-13-12-21(25(27)26(23)28-29-30)22(20-11-7-10-19(15-31)17(20)2)14-24(32)33-16-18-8-5-4-6-9-18/h4-13,22,31H,3,14-16H2,1-2H3/t22-/m0/s1. The number of rotatable bonds is 8. The second-order valence-corrected chi connectivity index (χ2v) is 7.93. The third-order valence-electron chi connectivity index (χ3n) is 5.98. The first-order valence-electron chi connectivity index (χ1n) is 10.9. The zero-order chi connectivity index (χ0) is 23.4. The predicted molar refractivity (Wildman–Crippen MR) is 123 cm³/mol. The molecule has 1 N–H and O–H groups in total. The minimum absolute atomic E-state index is 0.0487. The SMILES string of the molecule is CCn1nnc2c(F)c([C@@H](CC(=O)OCc3ccccc3)c3cccc(CO)c3C)ccc21. The minimum Gasteiger partial charge on any atom is -0.461 e. The van der Waals surface area contributed by atoms with E-state index in [2.05, 4.69) is 10.3 Å². The Morgan fingerprint density at radius 3 is 2.61 bits per heavy atom. The van der Waals surface area contributed by atoms with Gasteiger partial charge in [0.2, 0.25) is 0 Å². The van der Waals surface area contributed by atoms with E-state index in [9.17, 15) is 9.90 Å². The summed E-state index contributed by atoms with van der Waals surface area (Å²) in [5.74, 6) is -1.54. The van der Waals surface area contributed by atoms with Crippen molar-refractivity contribution in [2.75, 3.05) is 0 Å². The fourth-order valence-corrected chi connectivity index (χ4v) is 4.13. The van der Waals surface area contributed by atoms with Gasteiger partial charge in [0.25, 0.3) is 0 Å². The molecule has 0 radical (unpaired) electrons. The van der Waals surface area contributed by atoms with Crippen molar-refractivity contribution < 1.29 is 19.0 Å². The lowest BCUT2D eigenvalue weighted by molar-refractivity contribution is -0.145. The number of halogens is 1. The highest BCUT2D eigenvalue weighted by molar-refractivity contribution is 5.77. The van der Waals surface area contributed by atoms with Crippen LogP contribution in [0.15, 0.2) is 60.7 Å². The van der Waals surface area contributed by atoms with Gasteiger partial charge in [-0.3, -0.25) is 4.79 Å². The Morgan fingerprint density at radius 1 is 1.09 bits per heavy atom. The molecular weight excluding hydrogens is 421 g/mol. The number of nitrogens with zero attached hydrogens (tertiary/aromatic N) is 3. The molecule has 4 aromatic rings. The third kappa shape index (κ3) is 4.64. The maximum atomic E-state index is 15.7. The van der Waals surface area contributed by atoms with Gasteiger partial charge in [0, 0.05) is 12.5 Å². The number of aliphatic hydroxyl groups excluding tert-OH is 1.